The molecule has 0 saturated heterocycles. The minimum atomic E-state index is -0.440. The van der Waals surface area contributed by atoms with E-state index in [4.69, 9.17) is 4.74 Å². The summed E-state index contributed by atoms with van der Waals surface area (Å²) in [6.07, 6.45) is 1.74. The Balaban J connectivity index is 2.22. The van der Waals surface area contributed by atoms with Crippen LogP contribution in [-0.4, -0.2) is 31.0 Å². The second-order valence-electron chi connectivity index (χ2n) is 5.12. The van der Waals surface area contributed by atoms with Gasteiger partial charge >= 0.3 is 0 Å². The summed E-state index contributed by atoms with van der Waals surface area (Å²) < 4.78 is 5.40. The fourth-order valence-corrected chi connectivity index (χ4v) is 1.81. The maximum absolute atomic E-state index is 9.80. The summed E-state index contributed by atoms with van der Waals surface area (Å²) in [4.78, 5) is 0. The SMILES string of the molecule is CCCCOCC(O)CN[C@@H](C)c1ccc(C)cc1. The van der Waals surface area contributed by atoms with Crippen LogP contribution in [0.4, 0.5) is 0 Å². The van der Waals surface area contributed by atoms with Gasteiger partial charge in [-0.3, -0.25) is 0 Å². The maximum atomic E-state index is 9.80. The van der Waals surface area contributed by atoms with Crippen LogP contribution in [0, 0.1) is 6.92 Å². The third-order valence-electron chi connectivity index (χ3n) is 3.19. The van der Waals surface area contributed by atoms with Gasteiger partial charge < -0.3 is 15.2 Å². The molecule has 2 N–H and O–H groups in total. The van der Waals surface area contributed by atoms with E-state index in [2.05, 4.69) is 50.4 Å². The highest BCUT2D eigenvalue weighted by molar-refractivity contribution is 5.23. The van der Waals surface area contributed by atoms with Crippen LogP contribution in [0.5, 0.6) is 0 Å². The van der Waals surface area contributed by atoms with E-state index in [0.29, 0.717) is 13.2 Å². The second kappa shape index (κ2) is 9.08. The summed E-state index contributed by atoms with van der Waals surface area (Å²) in [6, 6.07) is 8.70. The maximum Gasteiger partial charge on any atom is 0.0897 e. The fourth-order valence-electron chi connectivity index (χ4n) is 1.81. The minimum Gasteiger partial charge on any atom is -0.389 e. The Morgan fingerprint density at radius 1 is 1.26 bits per heavy atom. The lowest BCUT2D eigenvalue weighted by molar-refractivity contribution is 0.0348. The molecule has 0 aliphatic heterocycles. The molecule has 0 saturated carbocycles. The van der Waals surface area contributed by atoms with Gasteiger partial charge in [0.15, 0.2) is 0 Å². The van der Waals surface area contributed by atoms with Gasteiger partial charge in [-0.2, -0.15) is 0 Å². The number of aliphatic hydroxyl groups is 1. The minimum absolute atomic E-state index is 0.242. The number of hydrogen-bond donors (Lipinski definition) is 2. The molecule has 0 heterocycles. The number of hydrogen-bond acceptors (Lipinski definition) is 3. The molecule has 1 unspecified atom stereocenters. The molecule has 0 aromatic heterocycles. The Morgan fingerprint density at radius 3 is 2.58 bits per heavy atom. The van der Waals surface area contributed by atoms with E-state index < -0.39 is 6.10 Å². The van der Waals surface area contributed by atoms with E-state index in [1.807, 2.05) is 0 Å². The third-order valence-corrected chi connectivity index (χ3v) is 3.19. The van der Waals surface area contributed by atoms with Crippen molar-refractivity contribution in [2.45, 2.75) is 45.8 Å². The number of benzene rings is 1. The van der Waals surface area contributed by atoms with Gasteiger partial charge in [-0.25, -0.2) is 0 Å². The van der Waals surface area contributed by atoms with E-state index in [0.717, 1.165) is 19.4 Å². The predicted molar refractivity (Wildman–Crippen MR) is 79.3 cm³/mol. The van der Waals surface area contributed by atoms with Crippen molar-refractivity contribution in [2.24, 2.45) is 0 Å². The quantitative estimate of drug-likeness (QED) is 0.675. The Labute approximate surface area is 117 Å². The number of unbranched alkanes of at least 4 members (excludes halogenated alkanes) is 1. The summed E-state index contributed by atoms with van der Waals surface area (Å²) >= 11 is 0. The predicted octanol–water partition coefficient (Wildman–Crippen LogP) is 2.82. The summed E-state index contributed by atoms with van der Waals surface area (Å²) in [7, 11) is 0. The molecular formula is C16H27NO2. The largest absolute Gasteiger partial charge is 0.389 e. The molecule has 0 bridgehead atoms. The molecule has 0 fully saturated rings. The lowest BCUT2D eigenvalue weighted by Gasteiger charge is -2.17. The van der Waals surface area contributed by atoms with Crippen LogP contribution >= 0.6 is 0 Å². The van der Waals surface area contributed by atoms with Gasteiger partial charge in [-0.05, 0) is 25.8 Å². The zero-order chi connectivity index (χ0) is 14.1. The first kappa shape index (κ1) is 16.2. The third kappa shape index (κ3) is 6.71. The first-order valence-electron chi connectivity index (χ1n) is 7.19. The van der Waals surface area contributed by atoms with Crippen molar-refractivity contribution in [3.05, 3.63) is 35.4 Å². The highest BCUT2D eigenvalue weighted by atomic mass is 16.5. The van der Waals surface area contributed by atoms with Gasteiger partial charge in [0.25, 0.3) is 0 Å². The van der Waals surface area contributed by atoms with Crippen molar-refractivity contribution in [3.63, 3.8) is 0 Å². The number of aryl methyl sites for hydroxylation is 1. The topological polar surface area (TPSA) is 41.5 Å². The summed E-state index contributed by atoms with van der Waals surface area (Å²) in [5.41, 5.74) is 2.50. The van der Waals surface area contributed by atoms with Gasteiger partial charge in [0, 0.05) is 19.2 Å². The Morgan fingerprint density at radius 2 is 1.95 bits per heavy atom. The van der Waals surface area contributed by atoms with Crippen molar-refractivity contribution < 1.29 is 9.84 Å². The number of ether oxygens (including phenoxy) is 1. The van der Waals surface area contributed by atoms with Crippen LogP contribution in [0.2, 0.25) is 0 Å². The van der Waals surface area contributed by atoms with Crippen LogP contribution in [-0.2, 0) is 4.74 Å². The molecule has 3 heteroatoms. The van der Waals surface area contributed by atoms with Gasteiger partial charge in [-0.15, -0.1) is 0 Å². The van der Waals surface area contributed by atoms with E-state index in [1.165, 1.54) is 11.1 Å². The van der Waals surface area contributed by atoms with Crippen LogP contribution in [0.25, 0.3) is 0 Å². The zero-order valence-corrected chi connectivity index (χ0v) is 12.4. The summed E-state index contributed by atoms with van der Waals surface area (Å²) in [6.45, 7) is 8.02. The van der Waals surface area contributed by atoms with Gasteiger partial charge in [0.1, 0.15) is 0 Å². The smallest absolute Gasteiger partial charge is 0.0897 e. The molecule has 1 aromatic carbocycles. The van der Waals surface area contributed by atoms with Crippen LogP contribution in [0.3, 0.4) is 0 Å². The van der Waals surface area contributed by atoms with Crippen molar-refractivity contribution in [2.75, 3.05) is 19.8 Å². The van der Waals surface area contributed by atoms with Crippen LogP contribution in [0.15, 0.2) is 24.3 Å². The molecule has 3 nitrogen and oxygen atoms in total. The van der Waals surface area contributed by atoms with E-state index >= 15 is 0 Å². The number of rotatable bonds is 9. The standard InChI is InChI=1S/C16H27NO2/c1-4-5-10-19-12-16(18)11-17-14(3)15-8-6-13(2)7-9-15/h6-9,14,16-18H,4-5,10-12H2,1-3H3/t14-,16?/m0/s1. The van der Waals surface area contributed by atoms with Crippen molar-refractivity contribution in [1.29, 1.82) is 0 Å². The molecule has 1 rings (SSSR count). The summed E-state index contributed by atoms with van der Waals surface area (Å²) in [5.74, 6) is 0. The molecule has 19 heavy (non-hydrogen) atoms. The molecular weight excluding hydrogens is 238 g/mol. The molecule has 108 valence electrons. The molecule has 0 amide bonds. The van der Waals surface area contributed by atoms with Crippen molar-refractivity contribution >= 4 is 0 Å². The first-order valence-corrected chi connectivity index (χ1v) is 7.19. The van der Waals surface area contributed by atoms with Crippen molar-refractivity contribution in [1.82, 2.24) is 5.32 Å². The van der Waals surface area contributed by atoms with Gasteiger partial charge in [0.2, 0.25) is 0 Å². The molecule has 0 aliphatic carbocycles. The molecule has 0 radical (unpaired) electrons. The average Bonchev–Trinajstić information content (AvgIpc) is 2.42. The first-order chi connectivity index (χ1) is 9.13. The zero-order valence-electron chi connectivity index (χ0n) is 12.4. The van der Waals surface area contributed by atoms with Crippen LogP contribution < -0.4 is 5.32 Å². The normalized spacial score (nSPS) is 14.3. The lowest BCUT2D eigenvalue weighted by atomic mass is 10.1. The van der Waals surface area contributed by atoms with Gasteiger partial charge in [-0.1, -0.05) is 43.2 Å². The van der Waals surface area contributed by atoms with E-state index in [-0.39, 0.29) is 6.04 Å². The molecule has 1 aromatic rings. The second-order valence-corrected chi connectivity index (χ2v) is 5.12. The monoisotopic (exact) mass is 265 g/mol. The molecule has 2 atom stereocenters. The molecule has 0 spiro atoms. The molecule has 0 aliphatic rings. The lowest BCUT2D eigenvalue weighted by Crippen LogP contribution is -2.32. The average molecular weight is 265 g/mol. The Kier molecular flexibility index (Phi) is 7.72. The number of nitrogens with one attached hydrogen (secondary N) is 1. The van der Waals surface area contributed by atoms with E-state index in [1.54, 1.807) is 0 Å². The highest BCUT2D eigenvalue weighted by Crippen LogP contribution is 2.12. The Hall–Kier alpha value is -0.900. The van der Waals surface area contributed by atoms with Crippen LogP contribution in [0.1, 0.15) is 43.9 Å². The summed E-state index contributed by atoms with van der Waals surface area (Å²) in [5, 5.41) is 13.1. The number of aliphatic hydroxyl groups excluding tert-OH is 1. The highest BCUT2D eigenvalue weighted by Gasteiger charge is 2.08. The fraction of sp³-hybridized carbons (Fsp3) is 0.625. The van der Waals surface area contributed by atoms with Crippen molar-refractivity contribution in [3.8, 4) is 0 Å². The Bertz CT molecular complexity index is 337. The van der Waals surface area contributed by atoms with Gasteiger partial charge in [0.05, 0.1) is 12.7 Å². The van der Waals surface area contributed by atoms with E-state index in [9.17, 15) is 5.11 Å².